The van der Waals surface area contributed by atoms with Gasteiger partial charge in [-0.2, -0.15) is 8.42 Å². The van der Waals surface area contributed by atoms with Crippen LogP contribution in [-0.2, 0) is 14.4 Å². The molecule has 0 aliphatic heterocycles. The van der Waals surface area contributed by atoms with Gasteiger partial charge in [0, 0.05) is 5.56 Å². The van der Waals surface area contributed by atoms with Crippen molar-refractivity contribution in [1.29, 1.82) is 0 Å². The lowest BCUT2D eigenvalue weighted by Gasteiger charge is -2.52. The standard InChI is InChI=1S/C33H45NO3S/c1-22(2)9-8-10-24(4)30-17-18-31-29-21-32(34-37-38(35,36)25-15-13-23(3)14-16-25)28-12-7-6-11-26(28)27(29)19-20-33(30,31)5/h6-7,11-16,22,24,27,29-31H,8-10,17-21H2,1-5H3/b34-32+. The van der Waals surface area contributed by atoms with Crippen LogP contribution >= 0.6 is 0 Å². The normalized spacial score (nSPS) is 30.5. The minimum Gasteiger partial charge on any atom is -0.264 e. The summed E-state index contributed by atoms with van der Waals surface area (Å²) in [7, 11) is -3.96. The SMILES string of the molecule is Cc1ccc(S(=O)(=O)O/N=C2\CC3C(CCC4(C)C(C(C)CCCC(C)C)CCC34)c3ccccc32)cc1. The van der Waals surface area contributed by atoms with Crippen molar-refractivity contribution < 1.29 is 12.7 Å². The highest BCUT2D eigenvalue weighted by molar-refractivity contribution is 7.86. The van der Waals surface area contributed by atoms with Gasteiger partial charge < -0.3 is 0 Å². The van der Waals surface area contributed by atoms with Crippen molar-refractivity contribution in [2.45, 2.75) is 96.8 Å². The first kappa shape index (κ1) is 27.4. The molecule has 0 bridgehead atoms. The number of rotatable bonds is 8. The van der Waals surface area contributed by atoms with Crippen molar-refractivity contribution in [2.75, 3.05) is 0 Å². The van der Waals surface area contributed by atoms with E-state index in [1.54, 1.807) is 24.3 Å². The second-order valence-electron chi connectivity index (χ2n) is 13.1. The van der Waals surface area contributed by atoms with Crippen molar-refractivity contribution in [1.82, 2.24) is 0 Å². The Labute approximate surface area is 230 Å². The van der Waals surface area contributed by atoms with Gasteiger partial charge in [-0.1, -0.05) is 94.1 Å². The highest BCUT2D eigenvalue weighted by Gasteiger charge is 2.56. The summed E-state index contributed by atoms with van der Waals surface area (Å²) in [6.07, 6.45) is 9.87. The highest BCUT2D eigenvalue weighted by Crippen LogP contribution is 2.64. The number of nitrogens with zero attached hydrogens (tertiary/aromatic N) is 1. The van der Waals surface area contributed by atoms with E-state index in [1.165, 1.54) is 50.5 Å². The lowest BCUT2D eigenvalue weighted by atomic mass is 9.53. The fourth-order valence-electron chi connectivity index (χ4n) is 8.33. The van der Waals surface area contributed by atoms with Crippen LogP contribution in [0.15, 0.2) is 58.6 Å². The maximum absolute atomic E-state index is 12.9. The van der Waals surface area contributed by atoms with E-state index in [4.69, 9.17) is 4.28 Å². The fraction of sp³-hybridized carbons (Fsp3) is 0.606. The van der Waals surface area contributed by atoms with Crippen molar-refractivity contribution >= 4 is 15.8 Å². The smallest absolute Gasteiger partial charge is 0.264 e. The first-order valence-corrected chi connectivity index (χ1v) is 16.2. The van der Waals surface area contributed by atoms with E-state index in [2.05, 4.69) is 51.0 Å². The van der Waals surface area contributed by atoms with E-state index in [1.807, 2.05) is 13.0 Å². The second-order valence-corrected chi connectivity index (χ2v) is 14.6. The number of aryl methyl sites for hydroxylation is 1. The number of hydrogen-bond donors (Lipinski definition) is 0. The summed E-state index contributed by atoms with van der Waals surface area (Å²) >= 11 is 0. The van der Waals surface area contributed by atoms with E-state index in [-0.39, 0.29) is 4.90 Å². The van der Waals surface area contributed by atoms with Gasteiger partial charge in [0.25, 0.3) is 0 Å². The maximum Gasteiger partial charge on any atom is 0.358 e. The number of fused-ring (bicyclic) bond motifs is 5. The molecule has 5 rings (SSSR count). The van der Waals surface area contributed by atoms with Crippen LogP contribution in [0.2, 0.25) is 0 Å². The third kappa shape index (κ3) is 5.20. The Hall–Kier alpha value is -2.14. The van der Waals surface area contributed by atoms with Gasteiger partial charge in [0.2, 0.25) is 0 Å². The Balaban J connectivity index is 1.40. The minimum atomic E-state index is -3.96. The molecule has 3 aliphatic carbocycles. The van der Waals surface area contributed by atoms with Crippen LogP contribution in [0.25, 0.3) is 0 Å². The molecule has 0 aromatic heterocycles. The van der Waals surface area contributed by atoms with Gasteiger partial charge in [0.1, 0.15) is 4.90 Å². The van der Waals surface area contributed by atoms with Gasteiger partial charge in [-0.05, 0) is 97.6 Å². The zero-order chi connectivity index (χ0) is 27.1. The molecule has 38 heavy (non-hydrogen) atoms. The predicted molar refractivity (Wildman–Crippen MR) is 155 cm³/mol. The number of hydrogen-bond acceptors (Lipinski definition) is 4. The van der Waals surface area contributed by atoms with Crippen LogP contribution in [0.1, 0.15) is 102 Å². The lowest BCUT2D eigenvalue weighted by molar-refractivity contribution is 0.0170. The van der Waals surface area contributed by atoms with Gasteiger partial charge >= 0.3 is 10.1 Å². The molecular formula is C33H45NO3S. The molecule has 0 saturated heterocycles. The molecular weight excluding hydrogens is 490 g/mol. The van der Waals surface area contributed by atoms with E-state index < -0.39 is 10.1 Å². The Bertz CT molecular complexity index is 1270. The first-order valence-electron chi connectivity index (χ1n) is 14.8. The topological polar surface area (TPSA) is 55.7 Å². The molecule has 3 aliphatic rings. The number of benzene rings is 2. The molecule has 0 N–H and O–H groups in total. The number of oxime groups is 1. The Morgan fingerprint density at radius 3 is 2.47 bits per heavy atom. The van der Waals surface area contributed by atoms with E-state index in [0.717, 1.165) is 41.0 Å². The Kier molecular flexibility index (Phi) is 7.79. The van der Waals surface area contributed by atoms with Crippen LogP contribution < -0.4 is 0 Å². The van der Waals surface area contributed by atoms with Crippen molar-refractivity contribution in [3.05, 3.63) is 65.2 Å². The van der Waals surface area contributed by atoms with Crippen LogP contribution in [0, 0.1) is 41.9 Å². The maximum atomic E-state index is 12.9. The monoisotopic (exact) mass is 535 g/mol. The molecule has 0 spiro atoms. The summed E-state index contributed by atoms with van der Waals surface area (Å²) < 4.78 is 31.2. The van der Waals surface area contributed by atoms with Gasteiger partial charge in [-0.15, -0.1) is 0 Å². The van der Waals surface area contributed by atoms with Gasteiger partial charge in [-0.3, -0.25) is 4.28 Å². The quantitative estimate of drug-likeness (QED) is 0.318. The summed E-state index contributed by atoms with van der Waals surface area (Å²) in [4.78, 5) is 0.143. The van der Waals surface area contributed by atoms with Crippen molar-refractivity contribution in [3.63, 3.8) is 0 Å². The molecule has 0 amide bonds. The average Bonchev–Trinajstić information content (AvgIpc) is 3.25. The molecule has 2 aromatic carbocycles. The van der Waals surface area contributed by atoms with Gasteiger partial charge in [0.15, 0.2) is 0 Å². The molecule has 6 atom stereocenters. The largest absolute Gasteiger partial charge is 0.358 e. The fourth-order valence-corrected chi connectivity index (χ4v) is 9.07. The molecule has 2 fully saturated rings. The first-order chi connectivity index (χ1) is 18.1. The zero-order valence-corrected chi connectivity index (χ0v) is 24.6. The second kappa shape index (κ2) is 10.8. The summed E-state index contributed by atoms with van der Waals surface area (Å²) in [5, 5.41) is 4.36. The van der Waals surface area contributed by atoms with Crippen LogP contribution in [0.5, 0.6) is 0 Å². The summed E-state index contributed by atoms with van der Waals surface area (Å²) in [5.41, 5.74) is 4.54. The molecule has 206 valence electrons. The summed E-state index contributed by atoms with van der Waals surface area (Å²) in [5.74, 6) is 3.96. The van der Waals surface area contributed by atoms with E-state index in [9.17, 15) is 8.42 Å². The van der Waals surface area contributed by atoms with E-state index in [0.29, 0.717) is 23.2 Å². The zero-order valence-electron chi connectivity index (χ0n) is 23.8. The lowest BCUT2D eigenvalue weighted by Crippen LogP contribution is -2.44. The molecule has 4 nitrogen and oxygen atoms in total. The summed E-state index contributed by atoms with van der Waals surface area (Å²) in [6, 6.07) is 15.2. The molecule has 2 aromatic rings. The van der Waals surface area contributed by atoms with Crippen LogP contribution in [0.4, 0.5) is 0 Å². The highest BCUT2D eigenvalue weighted by atomic mass is 32.2. The molecule has 5 heteroatoms. The third-order valence-electron chi connectivity index (χ3n) is 10.3. The Morgan fingerprint density at radius 1 is 1.00 bits per heavy atom. The predicted octanol–water partition coefficient (Wildman–Crippen LogP) is 8.50. The van der Waals surface area contributed by atoms with Crippen LogP contribution in [0.3, 0.4) is 0 Å². The summed E-state index contributed by atoms with van der Waals surface area (Å²) in [6.45, 7) is 11.7. The van der Waals surface area contributed by atoms with Crippen LogP contribution in [-0.4, -0.2) is 14.1 Å². The van der Waals surface area contributed by atoms with Gasteiger partial charge in [-0.25, -0.2) is 0 Å². The average molecular weight is 536 g/mol. The Morgan fingerprint density at radius 2 is 1.74 bits per heavy atom. The molecule has 0 radical (unpaired) electrons. The molecule has 2 saturated carbocycles. The van der Waals surface area contributed by atoms with Gasteiger partial charge in [0.05, 0.1) is 5.71 Å². The molecule has 6 unspecified atom stereocenters. The van der Waals surface area contributed by atoms with Crippen molar-refractivity contribution in [3.8, 4) is 0 Å². The van der Waals surface area contributed by atoms with Crippen molar-refractivity contribution in [2.24, 2.45) is 40.2 Å². The van der Waals surface area contributed by atoms with E-state index >= 15 is 0 Å². The third-order valence-corrected chi connectivity index (χ3v) is 11.4. The minimum absolute atomic E-state index is 0.143. The molecule has 0 heterocycles.